The number of aliphatic imine (C=N–C) groups is 1. The lowest BCUT2D eigenvalue weighted by Crippen LogP contribution is -2.49. The van der Waals surface area contributed by atoms with Gasteiger partial charge in [-0.25, -0.2) is 4.98 Å². The molecule has 1 aliphatic rings. The molecule has 1 atom stereocenters. The maximum Gasteiger partial charge on any atom is 0.224 e. The third-order valence-corrected chi connectivity index (χ3v) is 4.35. The normalized spacial score (nSPS) is 15.6. The number of guanidine groups is 1. The number of aromatic nitrogens is 1. The molecule has 0 saturated carbocycles. The van der Waals surface area contributed by atoms with Gasteiger partial charge in [0.15, 0.2) is 5.96 Å². The first-order chi connectivity index (χ1) is 13.1. The fourth-order valence-corrected chi connectivity index (χ4v) is 2.99. The van der Waals surface area contributed by atoms with Gasteiger partial charge in [0.25, 0.3) is 0 Å². The van der Waals surface area contributed by atoms with Crippen molar-refractivity contribution < 1.29 is 9.53 Å². The van der Waals surface area contributed by atoms with Crippen LogP contribution in [0.15, 0.2) is 29.4 Å². The monoisotopic (exact) mass is 504 g/mol. The first-order valence-corrected chi connectivity index (χ1v) is 9.61. The Morgan fingerprint density at radius 2 is 2.07 bits per heavy atom. The zero-order valence-corrected chi connectivity index (χ0v) is 19.4. The number of amides is 1. The van der Waals surface area contributed by atoms with Gasteiger partial charge >= 0.3 is 0 Å². The van der Waals surface area contributed by atoms with Gasteiger partial charge in [-0.1, -0.05) is 6.07 Å². The van der Waals surface area contributed by atoms with Crippen molar-refractivity contribution in [3.63, 3.8) is 0 Å². The highest BCUT2D eigenvalue weighted by Gasteiger charge is 2.21. The van der Waals surface area contributed by atoms with Crippen molar-refractivity contribution in [2.45, 2.75) is 26.3 Å². The van der Waals surface area contributed by atoms with E-state index in [0.717, 1.165) is 44.5 Å². The maximum atomic E-state index is 12.5. The largest absolute Gasteiger partial charge is 0.383 e. The van der Waals surface area contributed by atoms with E-state index in [-0.39, 0.29) is 35.9 Å². The molecule has 1 aromatic rings. The number of hydrogen-bond acceptors (Lipinski definition) is 5. The summed E-state index contributed by atoms with van der Waals surface area (Å²) < 4.78 is 5.13. The third kappa shape index (κ3) is 8.17. The number of nitrogens with zero attached hydrogens (tertiary/aromatic N) is 4. The highest BCUT2D eigenvalue weighted by atomic mass is 127. The van der Waals surface area contributed by atoms with Crippen molar-refractivity contribution in [2.24, 2.45) is 4.99 Å². The number of ether oxygens (including phenoxy) is 1. The second kappa shape index (κ2) is 13.5. The Labute approximate surface area is 185 Å². The summed E-state index contributed by atoms with van der Waals surface area (Å²) >= 11 is 0. The Morgan fingerprint density at radius 3 is 2.68 bits per heavy atom. The van der Waals surface area contributed by atoms with Gasteiger partial charge in [-0.2, -0.15) is 0 Å². The van der Waals surface area contributed by atoms with Crippen LogP contribution < -0.4 is 15.5 Å². The van der Waals surface area contributed by atoms with Gasteiger partial charge in [-0.3, -0.25) is 9.79 Å². The number of halogens is 1. The summed E-state index contributed by atoms with van der Waals surface area (Å²) in [6.07, 6.45) is 2.22. The lowest BCUT2D eigenvalue weighted by Gasteiger charge is -2.35. The van der Waals surface area contributed by atoms with Crippen LogP contribution in [0.1, 0.15) is 20.3 Å². The van der Waals surface area contributed by atoms with Crippen LogP contribution in [-0.2, 0) is 9.53 Å². The highest BCUT2D eigenvalue weighted by molar-refractivity contribution is 14.0. The van der Waals surface area contributed by atoms with Crippen molar-refractivity contribution >= 4 is 41.7 Å². The summed E-state index contributed by atoms with van der Waals surface area (Å²) in [6, 6.07) is 6.06. The number of carbonyl (C=O) groups is 1. The third-order valence-electron chi connectivity index (χ3n) is 4.35. The van der Waals surface area contributed by atoms with Gasteiger partial charge in [0.2, 0.25) is 5.91 Å². The van der Waals surface area contributed by atoms with Gasteiger partial charge in [0.1, 0.15) is 5.82 Å². The van der Waals surface area contributed by atoms with Gasteiger partial charge in [0, 0.05) is 58.5 Å². The van der Waals surface area contributed by atoms with Gasteiger partial charge < -0.3 is 25.2 Å². The summed E-state index contributed by atoms with van der Waals surface area (Å²) in [6.45, 7) is 8.96. The molecule has 2 heterocycles. The van der Waals surface area contributed by atoms with Crippen LogP contribution in [0, 0.1) is 0 Å². The van der Waals surface area contributed by atoms with Crippen molar-refractivity contribution in [3.8, 4) is 0 Å². The number of nitrogens with one attached hydrogen (secondary N) is 2. The molecule has 1 unspecified atom stereocenters. The minimum atomic E-state index is 0. The Bertz CT molecular complexity index is 593. The summed E-state index contributed by atoms with van der Waals surface area (Å²) in [5.74, 6) is 1.84. The van der Waals surface area contributed by atoms with Gasteiger partial charge in [0.05, 0.1) is 13.2 Å². The standard InChI is InChI=1S/C19H32N6O2.HI/c1-4-20-19(23-16(2)15-27-3)22-10-8-18(26)25-13-11-24(12-14-25)17-7-5-6-9-21-17;/h5-7,9,16H,4,8,10-15H2,1-3H3,(H2,20,22,23);1H. The first-order valence-electron chi connectivity index (χ1n) is 9.61. The Hall–Kier alpha value is -1.62. The molecule has 0 aliphatic carbocycles. The molecule has 158 valence electrons. The van der Waals surface area contributed by atoms with Crippen LogP contribution in [0.2, 0.25) is 0 Å². The number of carbonyl (C=O) groups excluding carboxylic acids is 1. The zero-order valence-electron chi connectivity index (χ0n) is 17.1. The minimum Gasteiger partial charge on any atom is -0.383 e. The van der Waals surface area contributed by atoms with E-state index < -0.39 is 0 Å². The number of anilines is 1. The molecule has 1 saturated heterocycles. The van der Waals surface area contributed by atoms with Crippen LogP contribution in [0.3, 0.4) is 0 Å². The second-order valence-corrected chi connectivity index (χ2v) is 6.57. The molecule has 28 heavy (non-hydrogen) atoms. The maximum absolute atomic E-state index is 12.5. The number of piperazine rings is 1. The SMILES string of the molecule is CCNC(=NCCC(=O)N1CCN(c2ccccn2)CC1)NC(C)COC.I. The number of hydrogen-bond donors (Lipinski definition) is 2. The lowest BCUT2D eigenvalue weighted by molar-refractivity contribution is -0.131. The highest BCUT2D eigenvalue weighted by Crippen LogP contribution is 2.12. The van der Waals surface area contributed by atoms with E-state index in [0.29, 0.717) is 19.6 Å². The van der Waals surface area contributed by atoms with E-state index in [1.54, 1.807) is 13.3 Å². The molecule has 0 radical (unpaired) electrons. The summed E-state index contributed by atoms with van der Waals surface area (Å²) in [7, 11) is 1.68. The van der Waals surface area contributed by atoms with Crippen molar-refractivity contribution in [3.05, 3.63) is 24.4 Å². The molecular weight excluding hydrogens is 471 g/mol. The predicted octanol–water partition coefficient (Wildman–Crippen LogP) is 1.33. The molecule has 1 amide bonds. The molecule has 9 heteroatoms. The average Bonchev–Trinajstić information content (AvgIpc) is 2.69. The van der Waals surface area contributed by atoms with Gasteiger partial charge in [-0.05, 0) is 26.0 Å². The average molecular weight is 504 g/mol. The Morgan fingerprint density at radius 1 is 1.32 bits per heavy atom. The first kappa shape index (κ1) is 24.4. The number of methoxy groups -OCH3 is 1. The summed E-state index contributed by atoms with van der Waals surface area (Å²) in [5, 5.41) is 6.47. The minimum absolute atomic E-state index is 0. The fraction of sp³-hybridized carbons (Fsp3) is 0.632. The van der Waals surface area contributed by atoms with Crippen LogP contribution >= 0.6 is 24.0 Å². The van der Waals surface area contributed by atoms with E-state index in [1.165, 1.54) is 0 Å². The second-order valence-electron chi connectivity index (χ2n) is 6.57. The summed E-state index contributed by atoms with van der Waals surface area (Å²) in [5.41, 5.74) is 0. The Balaban J connectivity index is 0.00000392. The zero-order chi connectivity index (χ0) is 19.5. The van der Waals surface area contributed by atoms with E-state index in [2.05, 4.69) is 25.5 Å². The van der Waals surface area contributed by atoms with Crippen LogP contribution in [0.25, 0.3) is 0 Å². The Kier molecular flexibility index (Phi) is 11.8. The number of rotatable bonds is 8. The molecule has 1 aliphatic heterocycles. The fourth-order valence-electron chi connectivity index (χ4n) is 2.99. The van der Waals surface area contributed by atoms with Crippen LogP contribution in [-0.4, -0.2) is 80.8 Å². The number of pyridine rings is 1. The molecule has 0 aromatic carbocycles. The van der Waals surface area contributed by atoms with E-state index in [9.17, 15) is 4.79 Å². The van der Waals surface area contributed by atoms with Crippen molar-refractivity contribution in [2.75, 3.05) is 57.9 Å². The molecule has 1 aromatic heterocycles. The molecule has 2 N–H and O–H groups in total. The molecule has 2 rings (SSSR count). The lowest BCUT2D eigenvalue weighted by atomic mass is 10.2. The van der Waals surface area contributed by atoms with E-state index in [4.69, 9.17) is 4.74 Å². The smallest absolute Gasteiger partial charge is 0.224 e. The van der Waals surface area contributed by atoms with Gasteiger partial charge in [-0.15, -0.1) is 24.0 Å². The van der Waals surface area contributed by atoms with Crippen LogP contribution in [0.5, 0.6) is 0 Å². The molecular formula is C19H33IN6O2. The topological polar surface area (TPSA) is 82.1 Å². The molecule has 0 bridgehead atoms. The summed E-state index contributed by atoms with van der Waals surface area (Å²) in [4.78, 5) is 25.5. The van der Waals surface area contributed by atoms with Crippen molar-refractivity contribution in [1.29, 1.82) is 0 Å². The van der Waals surface area contributed by atoms with Crippen molar-refractivity contribution in [1.82, 2.24) is 20.5 Å². The van der Waals surface area contributed by atoms with E-state index >= 15 is 0 Å². The molecule has 1 fully saturated rings. The van der Waals surface area contributed by atoms with Crippen LogP contribution in [0.4, 0.5) is 5.82 Å². The molecule has 0 spiro atoms. The van der Waals surface area contributed by atoms with E-state index in [1.807, 2.05) is 36.9 Å². The predicted molar refractivity (Wildman–Crippen MR) is 124 cm³/mol. The quantitative estimate of drug-likeness (QED) is 0.316. The molecule has 8 nitrogen and oxygen atoms in total.